The lowest BCUT2D eigenvalue weighted by Gasteiger charge is -2.13. The van der Waals surface area contributed by atoms with E-state index in [0.29, 0.717) is 19.6 Å². The number of carbonyl (C=O) groups is 1. The molecule has 0 aliphatic heterocycles. The second kappa shape index (κ2) is 7.30. The number of halogens is 1. The topological polar surface area (TPSA) is 38.3 Å². The molecule has 0 bridgehead atoms. The largest absolute Gasteiger partial charge is 0.466 e. The fraction of sp³-hybridized carbons (Fsp3) is 0.462. The van der Waals surface area contributed by atoms with E-state index in [1.54, 1.807) is 0 Å². The Hall–Kier alpha value is -1.06. The second-order valence-electron chi connectivity index (χ2n) is 3.92. The Morgan fingerprint density at radius 3 is 2.94 bits per heavy atom. The van der Waals surface area contributed by atoms with Gasteiger partial charge in [-0.05, 0) is 31.5 Å². The fourth-order valence-electron chi connectivity index (χ4n) is 1.48. The van der Waals surface area contributed by atoms with Gasteiger partial charge in [-0.2, -0.15) is 0 Å². The zero-order chi connectivity index (χ0) is 12.7. The molecule has 0 amide bonds. The Kier molecular flexibility index (Phi) is 6.01. The highest BCUT2D eigenvalue weighted by Gasteiger charge is 2.08. The van der Waals surface area contributed by atoms with Crippen LogP contribution in [0.25, 0.3) is 0 Å². The molecule has 0 heterocycles. The first-order valence-corrected chi connectivity index (χ1v) is 6.13. The molecule has 94 valence electrons. The average Bonchev–Trinajstić information content (AvgIpc) is 2.27. The first kappa shape index (κ1) is 14.0. The van der Waals surface area contributed by atoms with E-state index in [4.69, 9.17) is 16.3 Å². The van der Waals surface area contributed by atoms with Gasteiger partial charge in [0.15, 0.2) is 0 Å². The Morgan fingerprint density at radius 2 is 2.29 bits per heavy atom. The first-order valence-electron chi connectivity index (χ1n) is 5.75. The first-order chi connectivity index (χ1) is 8.11. The Morgan fingerprint density at radius 1 is 1.53 bits per heavy atom. The number of rotatable bonds is 6. The molecule has 0 spiro atoms. The van der Waals surface area contributed by atoms with Crippen LogP contribution in [0.2, 0.25) is 5.02 Å². The number of esters is 1. The van der Waals surface area contributed by atoms with Crippen molar-refractivity contribution in [2.24, 2.45) is 0 Å². The molecule has 1 unspecified atom stereocenters. The third kappa shape index (κ3) is 5.71. The normalized spacial score (nSPS) is 12.2. The summed E-state index contributed by atoms with van der Waals surface area (Å²) in [4.78, 5) is 11.2. The van der Waals surface area contributed by atoms with Crippen molar-refractivity contribution in [3.05, 3.63) is 34.9 Å². The lowest BCUT2D eigenvalue weighted by molar-refractivity contribution is -0.143. The summed E-state index contributed by atoms with van der Waals surface area (Å²) in [5, 5.41) is 3.98. The molecule has 0 aliphatic rings. The van der Waals surface area contributed by atoms with Crippen molar-refractivity contribution in [3.63, 3.8) is 0 Å². The van der Waals surface area contributed by atoms with Crippen molar-refractivity contribution in [2.75, 3.05) is 6.61 Å². The van der Waals surface area contributed by atoms with Gasteiger partial charge in [0, 0.05) is 17.6 Å². The third-order valence-electron chi connectivity index (χ3n) is 2.32. The zero-order valence-electron chi connectivity index (χ0n) is 10.2. The van der Waals surface area contributed by atoms with E-state index in [9.17, 15) is 4.79 Å². The summed E-state index contributed by atoms with van der Waals surface area (Å²) in [6, 6.07) is 7.75. The molecule has 1 atom stereocenters. The fourth-order valence-corrected chi connectivity index (χ4v) is 1.69. The van der Waals surface area contributed by atoms with E-state index in [-0.39, 0.29) is 12.0 Å². The third-order valence-corrected chi connectivity index (χ3v) is 2.56. The predicted octanol–water partition coefficient (Wildman–Crippen LogP) is 2.77. The summed E-state index contributed by atoms with van der Waals surface area (Å²) in [7, 11) is 0. The zero-order valence-corrected chi connectivity index (χ0v) is 11.0. The van der Waals surface area contributed by atoms with Crippen LogP contribution in [0.3, 0.4) is 0 Å². The van der Waals surface area contributed by atoms with Crippen molar-refractivity contribution in [3.8, 4) is 0 Å². The minimum atomic E-state index is -0.168. The smallest absolute Gasteiger partial charge is 0.307 e. The van der Waals surface area contributed by atoms with Crippen LogP contribution >= 0.6 is 11.6 Å². The van der Waals surface area contributed by atoms with Gasteiger partial charge < -0.3 is 10.1 Å². The Labute approximate surface area is 107 Å². The Balaban J connectivity index is 2.33. The van der Waals surface area contributed by atoms with E-state index in [0.717, 1.165) is 10.6 Å². The summed E-state index contributed by atoms with van der Waals surface area (Å²) >= 11 is 5.88. The molecular weight excluding hydrogens is 238 g/mol. The number of nitrogens with one attached hydrogen (secondary N) is 1. The molecule has 0 radical (unpaired) electrons. The van der Waals surface area contributed by atoms with E-state index in [1.165, 1.54) is 0 Å². The van der Waals surface area contributed by atoms with E-state index < -0.39 is 0 Å². The molecule has 17 heavy (non-hydrogen) atoms. The van der Waals surface area contributed by atoms with Crippen LogP contribution in [0.15, 0.2) is 24.3 Å². The molecule has 3 nitrogen and oxygen atoms in total. The van der Waals surface area contributed by atoms with Gasteiger partial charge in [-0.25, -0.2) is 0 Å². The maximum absolute atomic E-state index is 11.2. The second-order valence-corrected chi connectivity index (χ2v) is 4.36. The number of carbonyl (C=O) groups excluding carboxylic acids is 1. The summed E-state index contributed by atoms with van der Waals surface area (Å²) in [6.07, 6.45) is 0.383. The maximum Gasteiger partial charge on any atom is 0.307 e. The van der Waals surface area contributed by atoms with Crippen molar-refractivity contribution in [2.45, 2.75) is 32.9 Å². The molecule has 1 aromatic carbocycles. The van der Waals surface area contributed by atoms with Crippen LogP contribution in [0.1, 0.15) is 25.8 Å². The number of benzene rings is 1. The van der Waals surface area contributed by atoms with Crippen LogP contribution in [0.5, 0.6) is 0 Å². The van der Waals surface area contributed by atoms with Gasteiger partial charge in [-0.1, -0.05) is 23.7 Å². The van der Waals surface area contributed by atoms with Crippen molar-refractivity contribution >= 4 is 17.6 Å². The lowest BCUT2D eigenvalue weighted by atomic mass is 10.2. The van der Waals surface area contributed by atoms with E-state index in [2.05, 4.69) is 5.32 Å². The van der Waals surface area contributed by atoms with Crippen LogP contribution in [0.4, 0.5) is 0 Å². The van der Waals surface area contributed by atoms with E-state index in [1.807, 2.05) is 38.1 Å². The summed E-state index contributed by atoms with van der Waals surface area (Å²) < 4.78 is 4.88. The summed E-state index contributed by atoms with van der Waals surface area (Å²) in [6.45, 7) is 4.89. The molecular formula is C13H18ClNO2. The van der Waals surface area contributed by atoms with Crippen LogP contribution in [0, 0.1) is 0 Å². The molecule has 4 heteroatoms. The molecule has 0 saturated carbocycles. The highest BCUT2D eigenvalue weighted by Crippen LogP contribution is 2.10. The van der Waals surface area contributed by atoms with Crippen molar-refractivity contribution < 1.29 is 9.53 Å². The summed E-state index contributed by atoms with van der Waals surface area (Å²) in [5.74, 6) is -0.168. The minimum Gasteiger partial charge on any atom is -0.466 e. The molecule has 1 aromatic rings. The lowest BCUT2D eigenvalue weighted by Crippen LogP contribution is -2.28. The molecule has 0 saturated heterocycles. The Bertz CT molecular complexity index is 368. The quantitative estimate of drug-likeness (QED) is 0.795. The SMILES string of the molecule is CCOC(=O)CC(C)NCc1cccc(Cl)c1. The van der Waals surface area contributed by atoms with Crippen LogP contribution in [-0.2, 0) is 16.1 Å². The van der Waals surface area contributed by atoms with Gasteiger partial charge in [-0.3, -0.25) is 4.79 Å². The van der Waals surface area contributed by atoms with Gasteiger partial charge in [0.1, 0.15) is 0 Å². The average molecular weight is 256 g/mol. The van der Waals surface area contributed by atoms with E-state index >= 15 is 0 Å². The number of hydrogen-bond donors (Lipinski definition) is 1. The monoisotopic (exact) mass is 255 g/mol. The highest BCUT2D eigenvalue weighted by atomic mass is 35.5. The molecule has 0 fully saturated rings. The van der Waals surface area contributed by atoms with Gasteiger partial charge in [0.2, 0.25) is 0 Å². The minimum absolute atomic E-state index is 0.0908. The highest BCUT2D eigenvalue weighted by molar-refractivity contribution is 6.30. The van der Waals surface area contributed by atoms with Gasteiger partial charge >= 0.3 is 5.97 Å². The van der Waals surface area contributed by atoms with Crippen molar-refractivity contribution in [1.29, 1.82) is 0 Å². The standard InChI is InChI=1S/C13H18ClNO2/c1-3-17-13(16)7-10(2)15-9-11-5-4-6-12(14)8-11/h4-6,8,10,15H,3,7,9H2,1-2H3. The molecule has 0 aliphatic carbocycles. The number of hydrogen-bond acceptors (Lipinski definition) is 3. The van der Waals surface area contributed by atoms with Gasteiger partial charge in [0.25, 0.3) is 0 Å². The number of ether oxygens (including phenoxy) is 1. The molecule has 1 N–H and O–H groups in total. The molecule has 0 aromatic heterocycles. The molecule has 1 rings (SSSR count). The van der Waals surface area contributed by atoms with Gasteiger partial charge in [0.05, 0.1) is 13.0 Å². The predicted molar refractivity (Wildman–Crippen MR) is 69.0 cm³/mol. The van der Waals surface area contributed by atoms with Crippen LogP contribution < -0.4 is 5.32 Å². The van der Waals surface area contributed by atoms with Gasteiger partial charge in [-0.15, -0.1) is 0 Å². The maximum atomic E-state index is 11.2. The van der Waals surface area contributed by atoms with Crippen LogP contribution in [-0.4, -0.2) is 18.6 Å². The van der Waals surface area contributed by atoms with Crippen molar-refractivity contribution in [1.82, 2.24) is 5.32 Å². The summed E-state index contributed by atoms with van der Waals surface area (Å²) in [5.41, 5.74) is 1.10.